The first-order valence-electron chi connectivity index (χ1n) is 4.20. The summed E-state index contributed by atoms with van der Waals surface area (Å²) in [4.78, 5) is 23.0. The Morgan fingerprint density at radius 2 is 1.81 bits per heavy atom. The van der Waals surface area contributed by atoms with Crippen molar-refractivity contribution in [3.63, 3.8) is 0 Å². The first-order chi connectivity index (χ1) is 7.14. The second kappa shape index (κ2) is 5.47. The molecule has 0 amide bonds. The van der Waals surface area contributed by atoms with Crippen LogP contribution in [-0.2, 0) is 9.59 Å². The third kappa shape index (κ3) is 5.32. The van der Waals surface area contributed by atoms with Crippen molar-refractivity contribution in [1.82, 2.24) is 0 Å². The molecule has 0 saturated heterocycles. The summed E-state index contributed by atoms with van der Waals surface area (Å²) in [6, 6.07) is -0.454. The molecule has 0 aliphatic carbocycles. The van der Waals surface area contributed by atoms with Crippen LogP contribution in [0.3, 0.4) is 0 Å². The van der Waals surface area contributed by atoms with E-state index in [4.69, 9.17) is 15.0 Å². The predicted octanol–water partition coefficient (Wildman–Crippen LogP) is 1.33. The summed E-state index contributed by atoms with van der Waals surface area (Å²) in [6.07, 6.45) is -3.56. The third-order valence-corrected chi connectivity index (χ3v) is 1.68. The zero-order valence-corrected chi connectivity index (χ0v) is 8.28. The minimum absolute atomic E-state index is 0.454. The lowest BCUT2D eigenvalue weighted by Crippen LogP contribution is -2.21. The fourth-order valence-corrected chi connectivity index (χ4v) is 0.919. The van der Waals surface area contributed by atoms with Crippen LogP contribution in [0.4, 0.5) is 13.2 Å². The average Bonchev–Trinajstić information content (AvgIpc) is 2.51. The van der Waals surface area contributed by atoms with Gasteiger partial charge in [-0.3, -0.25) is 4.99 Å². The molecule has 0 saturated carbocycles. The fraction of sp³-hybridized carbons (Fsp3) is 0.625. The maximum Gasteiger partial charge on any atom is 0.490 e. The molecule has 1 aliphatic heterocycles. The highest BCUT2D eigenvalue weighted by molar-refractivity contribution is 5.88. The maximum atomic E-state index is 10.6. The largest absolute Gasteiger partial charge is 0.490 e. The van der Waals surface area contributed by atoms with E-state index in [0.717, 1.165) is 12.1 Å². The summed E-state index contributed by atoms with van der Waals surface area (Å²) in [7, 11) is 0. The Hall–Kier alpha value is -1.60. The molecule has 92 valence electrons. The van der Waals surface area contributed by atoms with Crippen LogP contribution in [0.5, 0.6) is 0 Å². The molecule has 2 N–H and O–H groups in total. The summed E-state index contributed by atoms with van der Waals surface area (Å²) in [5, 5.41) is 15.5. The van der Waals surface area contributed by atoms with Crippen molar-refractivity contribution in [3.8, 4) is 0 Å². The molecule has 0 radical (unpaired) electrons. The number of nitrogens with zero attached hydrogens (tertiary/aromatic N) is 1. The number of rotatable bonds is 1. The summed E-state index contributed by atoms with van der Waals surface area (Å²) >= 11 is 0. The second-order valence-corrected chi connectivity index (χ2v) is 3.06. The number of carbonyl (C=O) groups is 2. The molecule has 0 bridgehead atoms. The first kappa shape index (κ1) is 14.4. The molecule has 5 nitrogen and oxygen atoms in total. The van der Waals surface area contributed by atoms with Crippen LogP contribution in [0.15, 0.2) is 4.99 Å². The minimum Gasteiger partial charge on any atom is -0.480 e. The Morgan fingerprint density at radius 3 is 1.94 bits per heavy atom. The molecular weight excluding hydrogens is 231 g/mol. The van der Waals surface area contributed by atoms with Gasteiger partial charge < -0.3 is 10.2 Å². The summed E-state index contributed by atoms with van der Waals surface area (Å²) in [6.45, 7) is 1.86. The minimum atomic E-state index is -5.08. The van der Waals surface area contributed by atoms with Gasteiger partial charge in [-0.2, -0.15) is 13.2 Å². The predicted molar refractivity (Wildman–Crippen MR) is 47.5 cm³/mol. The van der Waals surface area contributed by atoms with Crippen molar-refractivity contribution in [1.29, 1.82) is 0 Å². The van der Waals surface area contributed by atoms with Crippen LogP contribution in [0.1, 0.15) is 19.8 Å². The van der Waals surface area contributed by atoms with Crippen LogP contribution < -0.4 is 0 Å². The Bertz CT molecular complexity index is 311. The number of hydrogen-bond donors (Lipinski definition) is 2. The average molecular weight is 241 g/mol. The lowest BCUT2D eigenvalue weighted by Gasteiger charge is -1.94. The first-order valence-corrected chi connectivity index (χ1v) is 4.20. The number of halogens is 3. The van der Waals surface area contributed by atoms with Gasteiger partial charge in [-0.05, 0) is 19.8 Å². The van der Waals surface area contributed by atoms with Crippen molar-refractivity contribution < 1.29 is 33.0 Å². The molecule has 1 unspecified atom stereocenters. The molecule has 0 aromatic carbocycles. The second-order valence-electron chi connectivity index (χ2n) is 3.06. The van der Waals surface area contributed by atoms with Crippen molar-refractivity contribution in [2.75, 3.05) is 0 Å². The Morgan fingerprint density at radius 1 is 1.38 bits per heavy atom. The van der Waals surface area contributed by atoms with E-state index in [1.807, 2.05) is 6.92 Å². The molecule has 1 heterocycles. The van der Waals surface area contributed by atoms with Crippen LogP contribution in [0, 0.1) is 0 Å². The van der Waals surface area contributed by atoms with E-state index in [1.165, 1.54) is 0 Å². The zero-order valence-electron chi connectivity index (χ0n) is 8.28. The Labute approximate surface area is 88.6 Å². The van der Waals surface area contributed by atoms with Crippen LogP contribution >= 0.6 is 0 Å². The van der Waals surface area contributed by atoms with Crippen molar-refractivity contribution in [2.45, 2.75) is 32.0 Å². The van der Waals surface area contributed by atoms with Gasteiger partial charge in [-0.25, -0.2) is 9.59 Å². The van der Waals surface area contributed by atoms with E-state index < -0.39 is 24.2 Å². The van der Waals surface area contributed by atoms with Crippen LogP contribution in [0.2, 0.25) is 0 Å². The number of alkyl halides is 3. The number of hydrogen-bond acceptors (Lipinski definition) is 3. The lowest BCUT2D eigenvalue weighted by molar-refractivity contribution is -0.192. The Kier molecular flexibility index (Phi) is 4.93. The van der Waals surface area contributed by atoms with E-state index >= 15 is 0 Å². The third-order valence-electron chi connectivity index (χ3n) is 1.68. The zero-order chi connectivity index (χ0) is 12.9. The van der Waals surface area contributed by atoms with E-state index in [0.29, 0.717) is 6.42 Å². The quantitative estimate of drug-likeness (QED) is 0.724. The normalized spacial score (nSPS) is 19.5. The van der Waals surface area contributed by atoms with Crippen molar-refractivity contribution in [3.05, 3.63) is 0 Å². The molecule has 1 aliphatic rings. The van der Waals surface area contributed by atoms with E-state index in [-0.39, 0.29) is 0 Å². The van der Waals surface area contributed by atoms with E-state index in [1.54, 1.807) is 0 Å². The van der Waals surface area contributed by atoms with Crippen molar-refractivity contribution >= 4 is 17.7 Å². The van der Waals surface area contributed by atoms with Crippen LogP contribution in [0.25, 0.3) is 0 Å². The van der Waals surface area contributed by atoms with E-state index in [2.05, 4.69) is 4.99 Å². The molecule has 0 spiro atoms. The molecule has 1 atom stereocenters. The highest BCUT2D eigenvalue weighted by Crippen LogP contribution is 2.13. The molecular formula is C8H10F3NO4. The SMILES string of the molecule is CC1=NC(C(=O)O)CC1.O=C(O)C(F)(F)F. The van der Waals surface area contributed by atoms with Gasteiger partial charge in [-0.15, -0.1) is 0 Å². The van der Waals surface area contributed by atoms with Gasteiger partial charge >= 0.3 is 18.1 Å². The van der Waals surface area contributed by atoms with Gasteiger partial charge in [0.05, 0.1) is 0 Å². The highest BCUT2D eigenvalue weighted by Gasteiger charge is 2.38. The number of aliphatic carboxylic acids is 2. The molecule has 1 rings (SSSR count). The fourth-order valence-electron chi connectivity index (χ4n) is 0.919. The summed E-state index contributed by atoms with van der Waals surface area (Å²) in [5.41, 5.74) is 0.961. The maximum absolute atomic E-state index is 10.6. The summed E-state index contributed by atoms with van der Waals surface area (Å²) in [5.74, 6) is -3.56. The number of carboxylic acids is 2. The van der Waals surface area contributed by atoms with Gasteiger partial charge in [0.25, 0.3) is 0 Å². The smallest absolute Gasteiger partial charge is 0.480 e. The van der Waals surface area contributed by atoms with Crippen LogP contribution in [-0.4, -0.2) is 40.1 Å². The van der Waals surface area contributed by atoms with Gasteiger partial charge in [0.1, 0.15) is 6.04 Å². The number of carboxylic acid groups (broad SMARTS) is 2. The topological polar surface area (TPSA) is 87.0 Å². The highest BCUT2D eigenvalue weighted by atomic mass is 19.4. The lowest BCUT2D eigenvalue weighted by atomic mass is 10.2. The molecule has 0 aromatic rings. The van der Waals surface area contributed by atoms with Gasteiger partial charge in [0, 0.05) is 5.71 Å². The van der Waals surface area contributed by atoms with Gasteiger partial charge in [0.2, 0.25) is 0 Å². The number of aliphatic imine (C=N–C) groups is 1. The van der Waals surface area contributed by atoms with Gasteiger partial charge in [0.15, 0.2) is 0 Å². The van der Waals surface area contributed by atoms with E-state index in [9.17, 15) is 18.0 Å². The van der Waals surface area contributed by atoms with Gasteiger partial charge in [-0.1, -0.05) is 0 Å². The summed E-state index contributed by atoms with van der Waals surface area (Å²) < 4.78 is 31.7. The monoisotopic (exact) mass is 241 g/mol. The molecule has 16 heavy (non-hydrogen) atoms. The Balaban J connectivity index is 0.000000293. The standard InChI is InChI=1S/C6H9NO2.C2HF3O2/c1-4-2-3-5(7-4)6(8)9;3-2(4,5)1(6)7/h5H,2-3H2,1H3,(H,8,9);(H,6,7). The van der Waals surface area contributed by atoms with Crippen molar-refractivity contribution in [2.24, 2.45) is 4.99 Å². The molecule has 8 heteroatoms. The molecule has 0 aromatic heterocycles. The molecule has 0 fully saturated rings.